The minimum absolute atomic E-state index is 0.526. The molecule has 1 fully saturated rings. The van der Waals surface area contributed by atoms with Crippen molar-refractivity contribution < 1.29 is 0 Å². The molecule has 0 spiro atoms. The molecule has 1 aliphatic rings. The van der Waals surface area contributed by atoms with E-state index in [4.69, 9.17) is 0 Å². The third-order valence-corrected chi connectivity index (χ3v) is 5.40. The van der Waals surface area contributed by atoms with Gasteiger partial charge in [0.25, 0.3) is 0 Å². The molecule has 1 atom stereocenters. The van der Waals surface area contributed by atoms with E-state index in [1.807, 2.05) is 11.3 Å². The average Bonchev–Trinajstić information content (AvgIpc) is 3.20. The van der Waals surface area contributed by atoms with Crippen LogP contribution in [0.2, 0.25) is 0 Å². The Hall–Kier alpha value is -1.12. The molecule has 1 heterocycles. The van der Waals surface area contributed by atoms with Crippen LogP contribution in [-0.4, -0.2) is 0 Å². The van der Waals surface area contributed by atoms with Crippen molar-refractivity contribution in [1.82, 2.24) is 5.32 Å². The summed E-state index contributed by atoms with van der Waals surface area (Å²) in [7, 11) is 0. The number of rotatable bonds is 5. The van der Waals surface area contributed by atoms with Crippen LogP contribution in [0.4, 0.5) is 0 Å². The Morgan fingerprint density at radius 2 is 1.85 bits per heavy atom. The van der Waals surface area contributed by atoms with Crippen LogP contribution in [0, 0.1) is 26.7 Å². The van der Waals surface area contributed by atoms with Crippen LogP contribution in [0.1, 0.15) is 45.3 Å². The lowest BCUT2D eigenvalue weighted by Gasteiger charge is -2.18. The quantitative estimate of drug-likeness (QED) is 0.822. The van der Waals surface area contributed by atoms with Crippen LogP contribution in [0.3, 0.4) is 0 Å². The summed E-state index contributed by atoms with van der Waals surface area (Å²) in [5.41, 5.74) is 4.21. The van der Waals surface area contributed by atoms with E-state index in [1.54, 1.807) is 0 Å². The van der Waals surface area contributed by atoms with E-state index in [0.717, 1.165) is 12.5 Å². The molecule has 1 nitrogen and oxygen atoms in total. The molecule has 0 bridgehead atoms. The maximum Gasteiger partial charge on any atom is 0.0351 e. The molecule has 0 amide bonds. The largest absolute Gasteiger partial charge is 0.305 e. The van der Waals surface area contributed by atoms with E-state index in [2.05, 4.69) is 56.4 Å². The van der Waals surface area contributed by atoms with E-state index >= 15 is 0 Å². The van der Waals surface area contributed by atoms with Gasteiger partial charge in [0.1, 0.15) is 0 Å². The van der Waals surface area contributed by atoms with Crippen molar-refractivity contribution in [1.29, 1.82) is 0 Å². The van der Waals surface area contributed by atoms with E-state index in [1.165, 1.54) is 39.3 Å². The minimum Gasteiger partial charge on any atom is -0.305 e. The zero-order chi connectivity index (χ0) is 14.1. The standard InChI is InChI=1S/C18H23NS/c1-12-4-6-15(7-5-12)18(16-8-9-16)19-11-17-10-13(2)14(3)20-17/h4-7,10,16,18-19H,8-9,11H2,1-3H3. The van der Waals surface area contributed by atoms with E-state index in [0.29, 0.717) is 6.04 Å². The fraction of sp³-hybridized carbons (Fsp3) is 0.444. The summed E-state index contributed by atoms with van der Waals surface area (Å²) in [6, 6.07) is 11.9. The highest BCUT2D eigenvalue weighted by molar-refractivity contribution is 7.12. The molecule has 0 radical (unpaired) electrons. The molecule has 20 heavy (non-hydrogen) atoms. The van der Waals surface area contributed by atoms with E-state index in [-0.39, 0.29) is 0 Å². The first-order valence-electron chi connectivity index (χ1n) is 7.49. The molecule has 106 valence electrons. The molecule has 2 heteroatoms. The van der Waals surface area contributed by atoms with Crippen LogP contribution < -0.4 is 5.32 Å². The third-order valence-electron chi connectivity index (χ3n) is 4.24. The second kappa shape index (κ2) is 5.71. The first-order valence-corrected chi connectivity index (χ1v) is 8.31. The van der Waals surface area contributed by atoms with Crippen molar-refractivity contribution >= 4 is 11.3 Å². The van der Waals surface area contributed by atoms with Gasteiger partial charge in [-0.05, 0) is 56.7 Å². The summed E-state index contributed by atoms with van der Waals surface area (Å²) >= 11 is 1.92. The topological polar surface area (TPSA) is 12.0 Å². The lowest BCUT2D eigenvalue weighted by molar-refractivity contribution is 0.482. The highest BCUT2D eigenvalue weighted by atomic mass is 32.1. The SMILES string of the molecule is Cc1ccc(C(NCc2cc(C)c(C)s2)C2CC2)cc1. The number of hydrogen-bond donors (Lipinski definition) is 1. The van der Waals surface area contributed by atoms with Crippen LogP contribution in [-0.2, 0) is 6.54 Å². The molecule has 1 aromatic carbocycles. The highest BCUT2D eigenvalue weighted by Gasteiger charge is 2.31. The second-order valence-corrected chi connectivity index (χ2v) is 7.40. The van der Waals surface area contributed by atoms with E-state index in [9.17, 15) is 0 Å². The summed E-state index contributed by atoms with van der Waals surface area (Å²) in [6.45, 7) is 7.56. The van der Waals surface area contributed by atoms with Gasteiger partial charge in [-0.3, -0.25) is 0 Å². The molecular formula is C18H23NS. The molecule has 1 N–H and O–H groups in total. The Morgan fingerprint density at radius 1 is 1.15 bits per heavy atom. The fourth-order valence-electron chi connectivity index (χ4n) is 2.71. The third kappa shape index (κ3) is 3.13. The number of nitrogens with one attached hydrogen (secondary N) is 1. The molecule has 0 saturated heterocycles. The second-order valence-electron chi connectivity index (χ2n) is 6.06. The van der Waals surface area contributed by atoms with Crippen molar-refractivity contribution in [3.63, 3.8) is 0 Å². The molecular weight excluding hydrogens is 262 g/mol. The number of thiophene rings is 1. The van der Waals surface area contributed by atoms with Gasteiger partial charge < -0.3 is 5.32 Å². The summed E-state index contributed by atoms with van der Waals surface area (Å²) < 4.78 is 0. The van der Waals surface area contributed by atoms with Crippen LogP contribution in [0.5, 0.6) is 0 Å². The number of aryl methyl sites for hydroxylation is 3. The first kappa shape index (κ1) is 13.8. The highest BCUT2D eigenvalue weighted by Crippen LogP contribution is 2.41. The van der Waals surface area contributed by atoms with Gasteiger partial charge in [-0.1, -0.05) is 29.8 Å². The monoisotopic (exact) mass is 285 g/mol. The van der Waals surface area contributed by atoms with Crippen molar-refractivity contribution in [2.75, 3.05) is 0 Å². The Bertz CT molecular complexity index is 558. The average molecular weight is 285 g/mol. The molecule has 0 aliphatic heterocycles. The van der Waals surface area contributed by atoms with Crippen LogP contribution in [0.15, 0.2) is 30.3 Å². The predicted octanol–water partition coefficient (Wildman–Crippen LogP) is 4.91. The molecule has 2 aromatic rings. The van der Waals surface area contributed by atoms with Gasteiger partial charge in [0.2, 0.25) is 0 Å². The van der Waals surface area contributed by atoms with Crippen molar-refractivity contribution in [3.8, 4) is 0 Å². The molecule has 3 rings (SSSR count). The summed E-state index contributed by atoms with van der Waals surface area (Å²) in [4.78, 5) is 2.90. The summed E-state index contributed by atoms with van der Waals surface area (Å²) in [5, 5.41) is 3.78. The van der Waals surface area contributed by atoms with Gasteiger partial charge in [-0.25, -0.2) is 0 Å². The Labute approximate surface area is 126 Å². The Kier molecular flexibility index (Phi) is 3.95. The van der Waals surface area contributed by atoms with E-state index < -0.39 is 0 Å². The van der Waals surface area contributed by atoms with Gasteiger partial charge in [0, 0.05) is 22.3 Å². The van der Waals surface area contributed by atoms with Gasteiger partial charge in [0.15, 0.2) is 0 Å². The normalized spacial score (nSPS) is 16.4. The maximum absolute atomic E-state index is 3.78. The lowest BCUT2D eigenvalue weighted by atomic mass is 10.0. The molecule has 1 saturated carbocycles. The predicted molar refractivity (Wildman–Crippen MR) is 87.3 cm³/mol. The minimum atomic E-state index is 0.526. The zero-order valence-corrected chi connectivity index (χ0v) is 13.4. The Balaban J connectivity index is 1.70. The lowest BCUT2D eigenvalue weighted by Crippen LogP contribution is -2.22. The fourth-order valence-corrected chi connectivity index (χ4v) is 3.71. The van der Waals surface area contributed by atoms with Crippen LogP contribution in [0.25, 0.3) is 0 Å². The first-order chi connectivity index (χ1) is 9.63. The molecule has 1 aromatic heterocycles. The molecule has 1 unspecified atom stereocenters. The van der Waals surface area contributed by atoms with Crippen molar-refractivity contribution in [2.45, 2.75) is 46.2 Å². The number of hydrogen-bond acceptors (Lipinski definition) is 2. The molecule has 1 aliphatic carbocycles. The van der Waals surface area contributed by atoms with Gasteiger partial charge in [0.05, 0.1) is 0 Å². The Morgan fingerprint density at radius 3 is 2.40 bits per heavy atom. The van der Waals surface area contributed by atoms with Gasteiger partial charge >= 0.3 is 0 Å². The van der Waals surface area contributed by atoms with Crippen LogP contribution >= 0.6 is 11.3 Å². The smallest absolute Gasteiger partial charge is 0.0351 e. The number of benzene rings is 1. The summed E-state index contributed by atoms with van der Waals surface area (Å²) in [6.07, 6.45) is 2.74. The zero-order valence-electron chi connectivity index (χ0n) is 12.6. The van der Waals surface area contributed by atoms with Crippen molar-refractivity contribution in [2.24, 2.45) is 5.92 Å². The summed E-state index contributed by atoms with van der Waals surface area (Å²) in [5.74, 6) is 0.833. The van der Waals surface area contributed by atoms with Gasteiger partial charge in [-0.2, -0.15) is 0 Å². The van der Waals surface area contributed by atoms with Crippen molar-refractivity contribution in [3.05, 3.63) is 56.8 Å². The van der Waals surface area contributed by atoms with Gasteiger partial charge in [-0.15, -0.1) is 11.3 Å². The maximum atomic E-state index is 3.78.